The first-order chi connectivity index (χ1) is 15.2. The molecule has 33 heavy (non-hydrogen) atoms. The zero-order valence-corrected chi connectivity index (χ0v) is 20.7. The van der Waals surface area contributed by atoms with Crippen LogP contribution in [0, 0.1) is 20.5 Å². The lowest BCUT2D eigenvalue weighted by Crippen LogP contribution is -2.68. The molecular weight excluding hydrogens is 523 g/mol. The van der Waals surface area contributed by atoms with Gasteiger partial charge >= 0.3 is 0 Å². The van der Waals surface area contributed by atoms with Crippen LogP contribution in [0.4, 0.5) is 5.69 Å². The third-order valence-corrected chi connectivity index (χ3v) is 5.58. The van der Waals surface area contributed by atoms with Gasteiger partial charge in [0.15, 0.2) is 0 Å². The Morgan fingerprint density at radius 2 is 1.36 bits per heavy atom. The summed E-state index contributed by atoms with van der Waals surface area (Å²) in [4.78, 5) is 2.42. The van der Waals surface area contributed by atoms with E-state index in [0.29, 0.717) is 0 Å². The second kappa shape index (κ2) is 13.7. The molecule has 0 fully saturated rings. The molecule has 1 heterocycles. The molecule has 0 aliphatic heterocycles. The van der Waals surface area contributed by atoms with Gasteiger partial charge in [-0.05, 0) is 43.4 Å². The number of halogens is 3. The minimum absolute atomic E-state index is 0.789. The van der Waals surface area contributed by atoms with Crippen LogP contribution in [0.15, 0.2) is 42.5 Å². The summed E-state index contributed by atoms with van der Waals surface area (Å²) >= 11 is 7.92. The van der Waals surface area contributed by atoms with Crippen molar-refractivity contribution in [3.63, 3.8) is 0 Å². The van der Waals surface area contributed by atoms with Crippen LogP contribution in [-0.4, -0.2) is 35.7 Å². The molecule has 0 aliphatic rings. The molecule has 3 aromatic rings. The van der Waals surface area contributed by atoms with Crippen molar-refractivity contribution in [3.8, 4) is 0 Å². The van der Waals surface area contributed by atoms with Gasteiger partial charge in [-0.1, -0.05) is 25.4 Å². The molecule has 0 spiro atoms. The van der Waals surface area contributed by atoms with Crippen molar-refractivity contribution in [3.05, 3.63) is 47.5 Å². The maximum Gasteiger partial charge on any atom is 0.238 e. The van der Waals surface area contributed by atoms with Crippen LogP contribution in [0.25, 0.3) is 20.2 Å². The maximum absolute atomic E-state index is 8.60. The lowest BCUT2D eigenvalue weighted by Gasteiger charge is -2.18. The van der Waals surface area contributed by atoms with Crippen LogP contribution in [0.1, 0.15) is 13.8 Å². The van der Waals surface area contributed by atoms with Gasteiger partial charge in [0, 0.05) is 46.7 Å². The second-order valence-electron chi connectivity index (χ2n) is 6.41. The number of likely N-dealkylation sites (N-methyl/N-ethyl adjacent to an activating group) is 1. The van der Waals surface area contributed by atoms with E-state index in [0.717, 1.165) is 31.2 Å². The van der Waals surface area contributed by atoms with Crippen molar-refractivity contribution in [2.45, 2.75) is 13.8 Å². The minimum atomic E-state index is -4.94. The van der Waals surface area contributed by atoms with Gasteiger partial charge in [-0.15, -0.1) is 10.2 Å². The summed E-state index contributed by atoms with van der Waals surface area (Å²) in [5.41, 5.74) is 1.18. The standard InChI is InChI=1S/C19H22ClN2S.2ClHO4/c1-3-22(4-2)10-9-21-17-6-8-19-15(13-17)11-14-12-16(20)5-7-18(14)23-19;2*2-1(3,4)5/h5-8,11-13,21H,3-4,9-10H2,1-2H3;2*(H,2,3,4,5)/q+1;;/p-1. The molecule has 2 aromatic carbocycles. The highest BCUT2D eigenvalue weighted by atomic mass is 35.7. The highest BCUT2D eigenvalue weighted by Gasteiger charge is 2.11. The quantitative estimate of drug-likeness (QED) is 0.236. The van der Waals surface area contributed by atoms with E-state index in [9.17, 15) is 0 Å². The fourth-order valence-corrected chi connectivity index (χ4v) is 3.93. The Morgan fingerprint density at radius 3 is 1.88 bits per heavy atom. The van der Waals surface area contributed by atoms with E-state index < -0.39 is 20.5 Å². The molecule has 14 heteroatoms. The van der Waals surface area contributed by atoms with E-state index in [1.54, 1.807) is 0 Å². The SMILES string of the molecule is CCN(CC)CCNc1ccc2[s+]c3ccc(Cl)cc3cc2c1.[O-][Cl+3]([O-])([O-])O.[O-][Cl+3]([O-])([O-])[O-]. The van der Waals surface area contributed by atoms with Crippen molar-refractivity contribution >= 4 is 48.8 Å². The molecule has 3 rings (SSSR count). The van der Waals surface area contributed by atoms with Gasteiger partial charge < -0.3 is 10.2 Å². The summed E-state index contributed by atoms with van der Waals surface area (Å²) in [5, 5.41) is 6.79. The minimum Gasteiger partial charge on any atom is -0.384 e. The Labute approximate surface area is 204 Å². The summed E-state index contributed by atoms with van der Waals surface area (Å²) < 4.78 is 69.3. The highest BCUT2D eigenvalue weighted by molar-refractivity contribution is 7.24. The number of nitrogens with zero attached hydrogens (tertiary/aromatic N) is 1. The van der Waals surface area contributed by atoms with E-state index in [1.807, 2.05) is 23.5 Å². The van der Waals surface area contributed by atoms with E-state index in [1.165, 1.54) is 25.9 Å². The topological polar surface area (TPSA) is 197 Å². The normalized spacial score (nSPS) is 11.6. The Hall–Kier alpha value is -1.16. The molecule has 0 radical (unpaired) electrons. The van der Waals surface area contributed by atoms with Crippen LogP contribution in [0.5, 0.6) is 0 Å². The molecule has 0 bridgehead atoms. The zero-order chi connectivity index (χ0) is 25.2. The smallest absolute Gasteiger partial charge is 0.238 e. The third kappa shape index (κ3) is 14.0. The van der Waals surface area contributed by atoms with Crippen LogP contribution in [-0.2, 0) is 0 Å². The number of benzene rings is 2. The second-order valence-corrected chi connectivity index (χ2v) is 9.48. The van der Waals surface area contributed by atoms with Crippen molar-refractivity contribution in [1.29, 1.82) is 0 Å². The lowest BCUT2D eigenvalue weighted by atomic mass is 10.2. The van der Waals surface area contributed by atoms with Gasteiger partial charge in [0.2, 0.25) is 20.7 Å². The zero-order valence-electron chi connectivity index (χ0n) is 17.7. The molecule has 0 unspecified atom stereocenters. The number of fused-ring (bicyclic) bond motifs is 2. The van der Waals surface area contributed by atoms with Crippen molar-refractivity contribution in [2.75, 3.05) is 31.5 Å². The molecule has 184 valence electrons. The monoisotopic (exact) mass is 544 g/mol. The average molecular weight is 546 g/mol. The van der Waals surface area contributed by atoms with Gasteiger partial charge in [0.1, 0.15) is 0 Å². The number of hydrogen-bond acceptors (Lipinski definition) is 10. The molecule has 0 aliphatic carbocycles. The Bertz CT molecular complexity index is 990. The molecule has 10 nitrogen and oxygen atoms in total. The van der Waals surface area contributed by atoms with Crippen LogP contribution >= 0.6 is 22.9 Å². The van der Waals surface area contributed by atoms with Crippen molar-refractivity contribution < 1.29 is 57.8 Å². The van der Waals surface area contributed by atoms with Gasteiger partial charge in [-0.25, -0.2) is 18.6 Å². The molecule has 0 saturated heterocycles. The summed E-state index contributed by atoms with van der Waals surface area (Å²) in [6.07, 6.45) is 0. The van der Waals surface area contributed by atoms with Gasteiger partial charge in [-0.3, -0.25) is 0 Å². The predicted molar refractivity (Wildman–Crippen MR) is 107 cm³/mol. The maximum atomic E-state index is 8.60. The molecule has 2 N–H and O–H groups in total. The van der Waals surface area contributed by atoms with Crippen LogP contribution < -0.4 is 37.9 Å². The van der Waals surface area contributed by atoms with Gasteiger partial charge in [0.05, 0.1) is 14.9 Å². The molecule has 1 aromatic heterocycles. The van der Waals surface area contributed by atoms with E-state index >= 15 is 0 Å². The first-order valence-electron chi connectivity index (χ1n) is 9.37. The fourth-order valence-electron chi connectivity index (χ4n) is 2.77. The summed E-state index contributed by atoms with van der Waals surface area (Å²) in [6, 6.07) is 14.9. The Kier molecular flexibility index (Phi) is 12.4. The summed E-state index contributed by atoms with van der Waals surface area (Å²) in [7, 11) is -9.64. The first kappa shape index (κ1) is 29.9. The van der Waals surface area contributed by atoms with Crippen molar-refractivity contribution in [2.24, 2.45) is 0 Å². The summed E-state index contributed by atoms with van der Waals surface area (Å²) in [5.74, 6) is 0. The third-order valence-electron chi connectivity index (χ3n) is 4.16. The molecule has 0 saturated carbocycles. The number of anilines is 1. The Morgan fingerprint density at radius 1 is 0.879 bits per heavy atom. The number of hydrogen-bond donors (Lipinski definition) is 2. The van der Waals surface area contributed by atoms with E-state index in [2.05, 4.69) is 54.4 Å². The van der Waals surface area contributed by atoms with Crippen LogP contribution in [0.3, 0.4) is 0 Å². The van der Waals surface area contributed by atoms with Gasteiger partial charge in [-0.2, -0.15) is 14.0 Å². The molecular formula is C19H23Cl3N2O8S. The fraction of sp³-hybridized carbons (Fsp3) is 0.316. The van der Waals surface area contributed by atoms with E-state index in [-0.39, 0.29) is 0 Å². The van der Waals surface area contributed by atoms with E-state index in [4.69, 9.17) is 48.9 Å². The highest BCUT2D eigenvalue weighted by Crippen LogP contribution is 2.31. The Balaban J connectivity index is 0.000000460. The lowest BCUT2D eigenvalue weighted by molar-refractivity contribution is -2.00. The largest absolute Gasteiger partial charge is 0.384 e. The predicted octanol–water partition coefficient (Wildman–Crippen LogP) is -3.14. The first-order valence-corrected chi connectivity index (χ1v) is 13.1. The number of nitrogens with one attached hydrogen (secondary N) is 1. The number of rotatable bonds is 6. The van der Waals surface area contributed by atoms with Gasteiger partial charge in [0.25, 0.3) is 0 Å². The summed E-state index contributed by atoms with van der Waals surface area (Å²) in [6.45, 7) is 8.65. The van der Waals surface area contributed by atoms with Crippen LogP contribution in [0.2, 0.25) is 5.02 Å². The molecule has 0 amide bonds. The average Bonchev–Trinajstić information content (AvgIpc) is 2.67. The van der Waals surface area contributed by atoms with Crippen molar-refractivity contribution in [1.82, 2.24) is 4.90 Å². The molecule has 0 atom stereocenters.